The van der Waals surface area contributed by atoms with Gasteiger partial charge in [0.05, 0.1) is 19.3 Å². The van der Waals surface area contributed by atoms with Gasteiger partial charge in [-0.2, -0.15) is 0 Å². The molecule has 1 atom stereocenters. The average Bonchev–Trinajstić information content (AvgIpc) is 2.50. The maximum Gasteiger partial charge on any atom is 0.0663 e. The first-order valence-electron chi connectivity index (χ1n) is 5.04. The van der Waals surface area contributed by atoms with Crippen LogP contribution in [0, 0.1) is 0 Å². The fourth-order valence-corrected chi connectivity index (χ4v) is 1.90. The third-order valence-electron chi connectivity index (χ3n) is 2.57. The van der Waals surface area contributed by atoms with Crippen molar-refractivity contribution in [2.45, 2.75) is 25.4 Å². The second-order valence-electron chi connectivity index (χ2n) is 4.71. The van der Waals surface area contributed by atoms with Gasteiger partial charge >= 0.3 is 0 Å². The van der Waals surface area contributed by atoms with Crippen LogP contribution in [0.4, 0.5) is 0 Å². The van der Waals surface area contributed by atoms with E-state index in [-0.39, 0.29) is 5.54 Å². The van der Waals surface area contributed by atoms with Gasteiger partial charge in [0.25, 0.3) is 0 Å². The van der Waals surface area contributed by atoms with Crippen LogP contribution < -0.4 is 5.32 Å². The number of rotatable bonds is 1. The van der Waals surface area contributed by atoms with Gasteiger partial charge in [-0.1, -0.05) is 0 Å². The number of ether oxygens (including phenoxy) is 1. The molecule has 0 spiro atoms. The van der Waals surface area contributed by atoms with Crippen molar-refractivity contribution in [3.05, 3.63) is 24.0 Å². The molecule has 3 heteroatoms. The van der Waals surface area contributed by atoms with Crippen LogP contribution in [0.5, 0.6) is 0 Å². The zero-order chi connectivity index (χ0) is 10.2. The number of hydrogen-bond acceptors (Lipinski definition) is 2. The third-order valence-corrected chi connectivity index (χ3v) is 2.57. The molecule has 14 heavy (non-hydrogen) atoms. The van der Waals surface area contributed by atoms with Crippen molar-refractivity contribution in [1.29, 1.82) is 0 Å². The van der Waals surface area contributed by atoms with E-state index in [1.54, 1.807) is 0 Å². The van der Waals surface area contributed by atoms with Crippen LogP contribution in [0.25, 0.3) is 0 Å². The predicted octanol–water partition coefficient (Wildman–Crippen LogP) is 1.46. The summed E-state index contributed by atoms with van der Waals surface area (Å²) in [7, 11) is 2.04. The maximum atomic E-state index is 5.59. The van der Waals surface area contributed by atoms with Gasteiger partial charge in [-0.15, -0.1) is 0 Å². The number of aromatic nitrogens is 1. The Hall–Kier alpha value is -0.800. The van der Waals surface area contributed by atoms with Crippen molar-refractivity contribution < 1.29 is 4.74 Å². The fraction of sp³-hybridized carbons (Fsp3) is 0.636. The summed E-state index contributed by atoms with van der Waals surface area (Å²) in [4.78, 5) is 0. The van der Waals surface area contributed by atoms with Crippen molar-refractivity contribution in [2.75, 3.05) is 13.2 Å². The summed E-state index contributed by atoms with van der Waals surface area (Å²) in [5.41, 5.74) is 1.39. The minimum Gasteiger partial charge on any atom is -0.378 e. The van der Waals surface area contributed by atoms with E-state index in [1.165, 1.54) is 5.56 Å². The molecule has 1 fully saturated rings. The Morgan fingerprint density at radius 1 is 1.57 bits per heavy atom. The minimum absolute atomic E-state index is 0.0821. The van der Waals surface area contributed by atoms with Crippen LogP contribution in [0.3, 0.4) is 0 Å². The Morgan fingerprint density at radius 3 is 2.93 bits per heavy atom. The van der Waals surface area contributed by atoms with Crippen molar-refractivity contribution in [3.63, 3.8) is 0 Å². The minimum atomic E-state index is 0.0821. The van der Waals surface area contributed by atoms with Crippen molar-refractivity contribution in [2.24, 2.45) is 7.05 Å². The van der Waals surface area contributed by atoms with E-state index < -0.39 is 0 Å². The quantitative estimate of drug-likeness (QED) is 0.732. The zero-order valence-electron chi connectivity index (χ0n) is 9.08. The van der Waals surface area contributed by atoms with Gasteiger partial charge in [-0.05, 0) is 25.5 Å². The van der Waals surface area contributed by atoms with E-state index in [4.69, 9.17) is 4.74 Å². The van der Waals surface area contributed by atoms with Gasteiger partial charge in [-0.3, -0.25) is 0 Å². The highest BCUT2D eigenvalue weighted by Gasteiger charge is 2.28. The average molecular weight is 194 g/mol. The summed E-state index contributed by atoms with van der Waals surface area (Å²) in [6, 6.07) is 2.47. The van der Waals surface area contributed by atoms with E-state index in [9.17, 15) is 0 Å². The topological polar surface area (TPSA) is 26.2 Å². The lowest BCUT2D eigenvalue weighted by molar-refractivity contribution is 0.0127. The van der Waals surface area contributed by atoms with Crippen LogP contribution in [0.1, 0.15) is 25.5 Å². The van der Waals surface area contributed by atoms with Crippen LogP contribution in [0.2, 0.25) is 0 Å². The molecule has 1 aromatic heterocycles. The number of nitrogens with zero attached hydrogens (tertiary/aromatic N) is 1. The first-order valence-corrected chi connectivity index (χ1v) is 5.04. The number of aryl methyl sites for hydroxylation is 1. The van der Waals surface area contributed by atoms with Crippen molar-refractivity contribution in [1.82, 2.24) is 9.88 Å². The molecule has 1 N–H and O–H groups in total. The maximum absolute atomic E-state index is 5.59. The lowest BCUT2D eigenvalue weighted by Crippen LogP contribution is -2.51. The molecule has 2 heterocycles. The first-order chi connectivity index (χ1) is 6.57. The molecule has 78 valence electrons. The molecular weight excluding hydrogens is 176 g/mol. The molecule has 1 saturated heterocycles. The number of nitrogens with one attached hydrogen (secondary N) is 1. The SMILES string of the molecule is Cn1ccc(C2COCC(C)(C)N2)c1. The van der Waals surface area contributed by atoms with E-state index in [1.807, 2.05) is 7.05 Å². The fourth-order valence-electron chi connectivity index (χ4n) is 1.90. The molecule has 1 aliphatic rings. The van der Waals surface area contributed by atoms with Crippen LogP contribution in [-0.4, -0.2) is 23.3 Å². The monoisotopic (exact) mass is 194 g/mol. The second-order valence-corrected chi connectivity index (χ2v) is 4.71. The lowest BCUT2D eigenvalue weighted by Gasteiger charge is -2.36. The van der Waals surface area contributed by atoms with Crippen LogP contribution >= 0.6 is 0 Å². The molecule has 0 bridgehead atoms. The van der Waals surface area contributed by atoms with Gasteiger partial charge < -0.3 is 14.6 Å². The molecule has 1 aliphatic heterocycles. The van der Waals surface area contributed by atoms with Gasteiger partial charge in [0, 0.05) is 25.0 Å². The van der Waals surface area contributed by atoms with E-state index in [0.717, 1.165) is 13.2 Å². The molecular formula is C11H18N2O. The Balaban J connectivity index is 2.12. The highest BCUT2D eigenvalue weighted by Crippen LogP contribution is 2.22. The van der Waals surface area contributed by atoms with Crippen LogP contribution in [-0.2, 0) is 11.8 Å². The Kier molecular flexibility index (Phi) is 2.37. The number of hydrogen-bond donors (Lipinski definition) is 1. The molecule has 0 aromatic carbocycles. The largest absolute Gasteiger partial charge is 0.378 e. The Morgan fingerprint density at radius 2 is 2.36 bits per heavy atom. The van der Waals surface area contributed by atoms with Gasteiger partial charge in [0.15, 0.2) is 0 Å². The van der Waals surface area contributed by atoms with Gasteiger partial charge in [0.1, 0.15) is 0 Å². The molecule has 3 nitrogen and oxygen atoms in total. The highest BCUT2D eigenvalue weighted by molar-refractivity contribution is 5.16. The van der Waals surface area contributed by atoms with E-state index in [0.29, 0.717) is 6.04 Å². The first kappa shape index (κ1) is 9.74. The van der Waals surface area contributed by atoms with Crippen molar-refractivity contribution in [3.8, 4) is 0 Å². The van der Waals surface area contributed by atoms with E-state index in [2.05, 4.69) is 42.2 Å². The molecule has 1 aromatic rings. The standard InChI is InChI=1S/C11H18N2O/c1-11(2)8-14-7-10(12-11)9-4-5-13(3)6-9/h4-6,10,12H,7-8H2,1-3H3. The summed E-state index contributed by atoms with van der Waals surface area (Å²) >= 11 is 0. The molecule has 1 unspecified atom stereocenters. The summed E-state index contributed by atoms with van der Waals surface area (Å²) in [5, 5.41) is 3.58. The molecule has 0 saturated carbocycles. The summed E-state index contributed by atoms with van der Waals surface area (Å²) < 4.78 is 7.66. The molecule has 0 radical (unpaired) electrons. The summed E-state index contributed by atoms with van der Waals surface area (Å²) in [6.07, 6.45) is 4.21. The molecule has 0 amide bonds. The summed E-state index contributed by atoms with van der Waals surface area (Å²) in [5.74, 6) is 0. The number of morpholine rings is 1. The Labute approximate surface area is 85.1 Å². The molecule has 0 aliphatic carbocycles. The van der Waals surface area contributed by atoms with Crippen LogP contribution in [0.15, 0.2) is 18.5 Å². The van der Waals surface area contributed by atoms with E-state index >= 15 is 0 Å². The van der Waals surface area contributed by atoms with Gasteiger partial charge in [-0.25, -0.2) is 0 Å². The second kappa shape index (κ2) is 3.41. The van der Waals surface area contributed by atoms with Gasteiger partial charge in [0.2, 0.25) is 0 Å². The smallest absolute Gasteiger partial charge is 0.0663 e. The zero-order valence-corrected chi connectivity index (χ0v) is 9.08. The lowest BCUT2D eigenvalue weighted by atomic mass is 10.0. The predicted molar refractivity (Wildman–Crippen MR) is 56.2 cm³/mol. The summed E-state index contributed by atoms with van der Waals surface area (Å²) in [6.45, 7) is 5.90. The Bertz CT molecular complexity index is 317. The normalized spacial score (nSPS) is 26.4. The van der Waals surface area contributed by atoms with Crippen molar-refractivity contribution >= 4 is 0 Å². The highest BCUT2D eigenvalue weighted by atomic mass is 16.5. The third kappa shape index (κ3) is 1.99. The molecule has 2 rings (SSSR count).